The molecule has 0 fully saturated rings. The Morgan fingerprint density at radius 3 is 2.52 bits per heavy atom. The summed E-state index contributed by atoms with van der Waals surface area (Å²) in [6.07, 6.45) is 1.65. The van der Waals surface area contributed by atoms with Crippen LogP contribution in [0.2, 0.25) is 0 Å². The molecular weight excluding hydrogens is 640 g/mol. The molecule has 33 heavy (non-hydrogen) atoms. The first-order valence-corrected chi connectivity index (χ1v) is 12.5. The van der Waals surface area contributed by atoms with Crippen LogP contribution in [0.5, 0.6) is 5.75 Å². The Hall–Kier alpha value is -2.53. The predicted molar refractivity (Wildman–Crippen MR) is 150 cm³/mol. The predicted octanol–water partition coefficient (Wildman–Crippen LogP) is 6.66. The topological polar surface area (TPSA) is 63.6 Å². The molecule has 1 amide bonds. The van der Waals surface area contributed by atoms with Gasteiger partial charge in [0.1, 0.15) is 5.75 Å². The molecule has 7 heteroatoms. The van der Waals surface area contributed by atoms with Crippen LogP contribution in [0.25, 0.3) is 22.2 Å². The minimum Gasteiger partial charge on any atom is -0.489 e. The van der Waals surface area contributed by atoms with Crippen LogP contribution < -0.4 is 10.2 Å². The largest absolute Gasteiger partial charge is 0.489 e. The van der Waals surface area contributed by atoms with Crippen LogP contribution in [-0.4, -0.2) is 23.2 Å². The fraction of sp³-hybridized carbons (Fsp3) is 0.115. The maximum atomic E-state index is 13.1. The average molecular weight is 661 g/mol. The highest BCUT2D eigenvalue weighted by Crippen LogP contribution is 2.28. The molecule has 0 saturated heterocycles. The molecule has 0 unspecified atom stereocenters. The van der Waals surface area contributed by atoms with Crippen molar-refractivity contribution in [3.05, 3.63) is 91.1 Å². The molecule has 1 N–H and O–H groups in total. The van der Waals surface area contributed by atoms with Crippen LogP contribution >= 0.6 is 45.2 Å². The number of benzene rings is 3. The number of amides is 1. The summed E-state index contributed by atoms with van der Waals surface area (Å²) in [5.41, 5.74) is 6.46. The van der Waals surface area contributed by atoms with Crippen LogP contribution in [0, 0.1) is 7.14 Å². The van der Waals surface area contributed by atoms with E-state index in [2.05, 4.69) is 55.7 Å². The number of aromatic nitrogens is 1. The smallest absolute Gasteiger partial charge is 0.272 e. The van der Waals surface area contributed by atoms with E-state index in [1.165, 1.54) is 0 Å². The van der Waals surface area contributed by atoms with E-state index in [4.69, 9.17) is 9.72 Å². The molecule has 0 aliphatic heterocycles. The molecule has 3 aromatic carbocycles. The summed E-state index contributed by atoms with van der Waals surface area (Å²) in [4.78, 5) is 17.9. The second-order valence-corrected chi connectivity index (χ2v) is 10.0. The lowest BCUT2D eigenvalue weighted by Crippen LogP contribution is -2.18. The SMILES string of the molecule is CC(C)Oc1c(I)cc(I)cc1/C=N\NC(=O)c1cc(-c2ccccc2)nc2ccccc12. The van der Waals surface area contributed by atoms with Crippen LogP contribution in [-0.2, 0) is 0 Å². The van der Waals surface area contributed by atoms with Gasteiger partial charge in [-0.05, 0) is 83.3 Å². The summed E-state index contributed by atoms with van der Waals surface area (Å²) in [7, 11) is 0. The third-order valence-corrected chi connectivity index (χ3v) is 6.21. The van der Waals surface area contributed by atoms with Crippen LogP contribution in [0.4, 0.5) is 0 Å². The summed E-state index contributed by atoms with van der Waals surface area (Å²) >= 11 is 4.51. The van der Waals surface area contributed by atoms with Gasteiger partial charge in [0.25, 0.3) is 5.91 Å². The number of rotatable bonds is 6. The third-order valence-electron chi connectivity index (χ3n) is 4.79. The van der Waals surface area contributed by atoms with Gasteiger partial charge in [-0.2, -0.15) is 5.10 Å². The fourth-order valence-electron chi connectivity index (χ4n) is 3.38. The second-order valence-electron chi connectivity index (χ2n) is 7.61. The molecule has 0 saturated carbocycles. The van der Waals surface area contributed by atoms with Crippen molar-refractivity contribution < 1.29 is 9.53 Å². The van der Waals surface area contributed by atoms with Gasteiger partial charge in [0.05, 0.1) is 32.7 Å². The number of hydrazone groups is 1. The summed E-state index contributed by atoms with van der Waals surface area (Å²) in [5.74, 6) is 0.457. The van der Waals surface area contributed by atoms with Gasteiger partial charge in [-0.25, -0.2) is 10.4 Å². The first-order chi connectivity index (χ1) is 15.9. The van der Waals surface area contributed by atoms with Crippen LogP contribution in [0.3, 0.4) is 0 Å². The highest BCUT2D eigenvalue weighted by Gasteiger charge is 2.14. The Morgan fingerprint density at radius 2 is 1.76 bits per heavy atom. The van der Waals surface area contributed by atoms with Gasteiger partial charge < -0.3 is 4.74 Å². The minimum absolute atomic E-state index is 0.0277. The lowest BCUT2D eigenvalue weighted by molar-refractivity contribution is 0.0956. The van der Waals surface area contributed by atoms with Gasteiger partial charge in [-0.1, -0.05) is 48.5 Å². The highest BCUT2D eigenvalue weighted by atomic mass is 127. The van der Waals surface area contributed by atoms with Crippen molar-refractivity contribution >= 4 is 68.2 Å². The van der Waals surface area contributed by atoms with Crippen molar-refractivity contribution in [3.63, 3.8) is 0 Å². The number of hydrogen-bond acceptors (Lipinski definition) is 4. The maximum Gasteiger partial charge on any atom is 0.272 e. The summed E-state index contributed by atoms with van der Waals surface area (Å²) in [6.45, 7) is 3.96. The number of carbonyl (C=O) groups is 1. The van der Waals surface area contributed by atoms with E-state index in [1.54, 1.807) is 6.21 Å². The molecule has 0 atom stereocenters. The minimum atomic E-state index is -0.298. The lowest BCUT2D eigenvalue weighted by atomic mass is 10.0. The number of pyridine rings is 1. The molecule has 5 nitrogen and oxygen atoms in total. The van der Waals surface area contributed by atoms with E-state index < -0.39 is 0 Å². The quantitative estimate of drug-likeness (QED) is 0.143. The Balaban J connectivity index is 1.66. The number of hydrogen-bond donors (Lipinski definition) is 1. The third kappa shape index (κ3) is 5.70. The first kappa shape index (κ1) is 23.6. The molecule has 0 spiro atoms. The van der Waals surface area contributed by atoms with E-state index >= 15 is 0 Å². The molecule has 4 rings (SSSR count). The maximum absolute atomic E-state index is 13.1. The van der Waals surface area contributed by atoms with Gasteiger partial charge >= 0.3 is 0 Å². The van der Waals surface area contributed by atoms with Gasteiger partial charge in [0.2, 0.25) is 0 Å². The average Bonchev–Trinajstić information content (AvgIpc) is 2.80. The Labute approximate surface area is 219 Å². The zero-order valence-electron chi connectivity index (χ0n) is 18.0. The number of para-hydroxylation sites is 1. The van der Waals surface area contributed by atoms with E-state index in [0.29, 0.717) is 5.56 Å². The zero-order chi connectivity index (χ0) is 23.4. The van der Waals surface area contributed by atoms with Crippen molar-refractivity contribution in [1.29, 1.82) is 0 Å². The van der Waals surface area contributed by atoms with Crippen molar-refractivity contribution in [2.24, 2.45) is 5.10 Å². The number of nitrogens with zero attached hydrogens (tertiary/aromatic N) is 2. The summed E-state index contributed by atoms with van der Waals surface area (Å²) in [5, 5.41) is 5.02. The van der Waals surface area contributed by atoms with E-state index in [-0.39, 0.29) is 12.0 Å². The molecule has 1 aromatic heterocycles. The summed E-state index contributed by atoms with van der Waals surface area (Å²) in [6, 6.07) is 23.3. The molecule has 0 aliphatic rings. The standard InChI is InChI=1S/C26H21I2N3O2/c1-16(2)33-25-18(12-19(27)13-22(25)28)15-29-31-26(32)21-14-24(17-8-4-3-5-9-17)30-23-11-7-6-10-20(21)23/h3-16H,1-2H3,(H,31,32)/b29-15-. The highest BCUT2D eigenvalue weighted by molar-refractivity contribution is 14.1. The van der Waals surface area contributed by atoms with E-state index in [9.17, 15) is 4.79 Å². The Kier molecular flexibility index (Phi) is 7.59. The van der Waals surface area contributed by atoms with E-state index in [1.807, 2.05) is 86.6 Å². The second kappa shape index (κ2) is 10.6. The molecule has 0 aliphatic carbocycles. The molecular formula is C26H21I2N3O2. The first-order valence-electron chi connectivity index (χ1n) is 10.4. The molecule has 4 aromatic rings. The lowest BCUT2D eigenvalue weighted by Gasteiger charge is -2.14. The van der Waals surface area contributed by atoms with Gasteiger partial charge in [-0.3, -0.25) is 4.79 Å². The van der Waals surface area contributed by atoms with Crippen molar-refractivity contribution in [1.82, 2.24) is 10.4 Å². The monoisotopic (exact) mass is 661 g/mol. The van der Waals surface area contributed by atoms with Crippen molar-refractivity contribution in [2.75, 3.05) is 0 Å². The van der Waals surface area contributed by atoms with Crippen molar-refractivity contribution in [2.45, 2.75) is 20.0 Å². The zero-order valence-corrected chi connectivity index (χ0v) is 22.4. The van der Waals surface area contributed by atoms with Crippen LogP contribution in [0.15, 0.2) is 77.9 Å². The number of halogens is 2. The molecule has 0 radical (unpaired) electrons. The number of fused-ring (bicyclic) bond motifs is 1. The van der Waals surface area contributed by atoms with Crippen LogP contribution in [0.1, 0.15) is 29.8 Å². The van der Waals surface area contributed by atoms with Gasteiger partial charge in [0.15, 0.2) is 0 Å². The Bertz CT molecular complexity index is 1340. The Morgan fingerprint density at radius 1 is 1.03 bits per heavy atom. The number of nitrogens with one attached hydrogen (secondary N) is 1. The molecule has 166 valence electrons. The van der Waals surface area contributed by atoms with Gasteiger partial charge in [0, 0.05) is 20.1 Å². The normalized spacial score (nSPS) is 11.3. The fourth-order valence-corrected chi connectivity index (χ4v) is 5.39. The molecule has 0 bridgehead atoms. The van der Waals surface area contributed by atoms with Crippen molar-refractivity contribution in [3.8, 4) is 17.0 Å². The molecule has 1 heterocycles. The van der Waals surface area contributed by atoms with Gasteiger partial charge in [-0.15, -0.1) is 0 Å². The number of ether oxygens (including phenoxy) is 1. The summed E-state index contributed by atoms with van der Waals surface area (Å²) < 4.78 is 8.03. The number of carbonyl (C=O) groups excluding carboxylic acids is 1. The van der Waals surface area contributed by atoms with E-state index in [0.717, 1.165) is 40.6 Å².